The first-order valence-corrected chi connectivity index (χ1v) is 8.41. The Morgan fingerprint density at radius 3 is 2.48 bits per heavy atom. The van der Waals surface area contributed by atoms with Crippen molar-refractivity contribution in [3.63, 3.8) is 0 Å². The van der Waals surface area contributed by atoms with Crippen LogP contribution in [-0.4, -0.2) is 31.1 Å². The molecule has 0 unspecified atom stereocenters. The number of rotatable bonds is 6. The molecule has 9 heteroatoms. The van der Waals surface area contributed by atoms with Crippen molar-refractivity contribution in [3.8, 4) is 5.75 Å². The highest BCUT2D eigenvalue weighted by Crippen LogP contribution is 2.24. The van der Waals surface area contributed by atoms with E-state index >= 15 is 0 Å². The van der Waals surface area contributed by atoms with Gasteiger partial charge in [-0.3, -0.25) is 4.79 Å². The van der Waals surface area contributed by atoms with Gasteiger partial charge in [0.1, 0.15) is 11.5 Å². The highest BCUT2D eigenvalue weighted by Gasteiger charge is 2.19. The summed E-state index contributed by atoms with van der Waals surface area (Å²) >= 11 is 0. The third-order valence-corrected chi connectivity index (χ3v) is 4.12. The van der Waals surface area contributed by atoms with E-state index in [0.29, 0.717) is 5.75 Å². The van der Waals surface area contributed by atoms with Crippen LogP contribution >= 0.6 is 0 Å². The molecule has 0 aliphatic rings. The number of carbonyl (C=O) groups is 1. The van der Waals surface area contributed by atoms with Crippen LogP contribution in [0.2, 0.25) is 0 Å². The van der Waals surface area contributed by atoms with Gasteiger partial charge in [0.25, 0.3) is 5.91 Å². The SMILES string of the molecule is Cc1cc(C)c(OCC(=O)NS(=O)(=O)Cc2ncon2)c(C)c1. The maximum absolute atomic E-state index is 11.8. The molecule has 0 spiro atoms. The Morgan fingerprint density at radius 2 is 1.91 bits per heavy atom. The standard InChI is InChI=1S/C14H17N3O5S/c1-9-4-10(2)14(11(3)5-9)21-6-13(18)17-23(19,20)7-12-15-8-22-16-12/h4-5,8H,6-7H2,1-3H3,(H,17,18). The number of aryl methyl sites for hydroxylation is 3. The molecule has 2 aromatic rings. The van der Waals surface area contributed by atoms with Gasteiger partial charge in [-0.15, -0.1) is 0 Å². The summed E-state index contributed by atoms with van der Waals surface area (Å²) in [7, 11) is -3.90. The quantitative estimate of drug-likeness (QED) is 0.836. The zero-order valence-corrected chi connectivity index (χ0v) is 13.8. The van der Waals surface area contributed by atoms with E-state index in [9.17, 15) is 13.2 Å². The van der Waals surface area contributed by atoms with Crippen LogP contribution in [0.3, 0.4) is 0 Å². The molecule has 124 valence electrons. The fraction of sp³-hybridized carbons (Fsp3) is 0.357. The first kappa shape index (κ1) is 16.9. The normalized spacial score (nSPS) is 11.3. The number of nitrogens with zero attached hydrogens (tertiary/aromatic N) is 2. The maximum atomic E-state index is 11.8. The van der Waals surface area contributed by atoms with Crippen molar-refractivity contribution in [1.82, 2.24) is 14.9 Å². The summed E-state index contributed by atoms with van der Waals surface area (Å²) in [5, 5.41) is 3.39. The number of sulfonamides is 1. The van der Waals surface area contributed by atoms with Crippen LogP contribution in [0.1, 0.15) is 22.5 Å². The Hall–Kier alpha value is -2.42. The monoisotopic (exact) mass is 339 g/mol. The third kappa shape index (κ3) is 4.78. The average Bonchev–Trinajstić information content (AvgIpc) is 2.88. The second kappa shape index (κ2) is 6.78. The van der Waals surface area contributed by atoms with E-state index in [-0.39, 0.29) is 5.82 Å². The summed E-state index contributed by atoms with van der Waals surface area (Å²) in [6.45, 7) is 5.28. The lowest BCUT2D eigenvalue weighted by molar-refractivity contribution is -0.121. The highest BCUT2D eigenvalue weighted by molar-refractivity contribution is 7.89. The number of hydrogen-bond donors (Lipinski definition) is 1. The molecule has 0 atom stereocenters. The van der Waals surface area contributed by atoms with Crippen LogP contribution < -0.4 is 9.46 Å². The molecular weight excluding hydrogens is 322 g/mol. The molecule has 1 N–H and O–H groups in total. The number of carbonyl (C=O) groups excluding carboxylic acids is 1. The average molecular weight is 339 g/mol. The van der Waals surface area contributed by atoms with Crippen LogP contribution in [0.5, 0.6) is 5.75 Å². The first-order chi connectivity index (χ1) is 10.8. The Balaban J connectivity index is 1.95. The van der Waals surface area contributed by atoms with Gasteiger partial charge < -0.3 is 9.26 Å². The van der Waals surface area contributed by atoms with Crippen molar-refractivity contribution in [2.45, 2.75) is 26.5 Å². The van der Waals surface area contributed by atoms with E-state index in [2.05, 4.69) is 14.7 Å². The number of aromatic nitrogens is 2. The summed E-state index contributed by atoms with van der Waals surface area (Å²) in [6.07, 6.45) is 1.01. The summed E-state index contributed by atoms with van der Waals surface area (Å²) in [5.41, 5.74) is 2.84. The molecule has 0 fully saturated rings. The van der Waals surface area contributed by atoms with Gasteiger partial charge in [0.2, 0.25) is 16.4 Å². The van der Waals surface area contributed by atoms with Gasteiger partial charge in [-0.2, -0.15) is 4.98 Å². The number of benzene rings is 1. The summed E-state index contributed by atoms with van der Waals surface area (Å²) in [5.74, 6) is -0.775. The lowest BCUT2D eigenvalue weighted by Crippen LogP contribution is -2.35. The van der Waals surface area contributed by atoms with Crippen molar-refractivity contribution in [2.24, 2.45) is 0 Å². The van der Waals surface area contributed by atoms with Gasteiger partial charge in [-0.25, -0.2) is 13.1 Å². The number of nitrogens with one attached hydrogen (secondary N) is 1. The minimum Gasteiger partial charge on any atom is -0.483 e. The first-order valence-electron chi connectivity index (χ1n) is 6.76. The molecule has 0 bridgehead atoms. The Morgan fingerprint density at radius 1 is 1.26 bits per heavy atom. The van der Waals surface area contributed by atoms with Crippen LogP contribution in [-0.2, 0) is 20.6 Å². The van der Waals surface area contributed by atoms with Gasteiger partial charge in [0, 0.05) is 0 Å². The van der Waals surface area contributed by atoms with Gasteiger partial charge in [-0.05, 0) is 31.9 Å². The van der Waals surface area contributed by atoms with E-state index in [1.54, 1.807) is 0 Å². The molecule has 0 aliphatic heterocycles. The molecule has 23 heavy (non-hydrogen) atoms. The smallest absolute Gasteiger partial charge is 0.271 e. The van der Waals surface area contributed by atoms with E-state index in [1.807, 2.05) is 37.6 Å². The second-order valence-corrected chi connectivity index (χ2v) is 6.87. The van der Waals surface area contributed by atoms with E-state index in [1.165, 1.54) is 0 Å². The molecule has 0 saturated heterocycles. The lowest BCUT2D eigenvalue weighted by Gasteiger charge is -2.13. The third-order valence-electron chi connectivity index (χ3n) is 2.95. The molecule has 2 rings (SSSR count). The van der Waals surface area contributed by atoms with E-state index < -0.39 is 28.3 Å². The molecule has 0 saturated carbocycles. The zero-order chi connectivity index (χ0) is 17.0. The van der Waals surface area contributed by atoms with Gasteiger partial charge in [0.15, 0.2) is 12.4 Å². The molecule has 1 aromatic carbocycles. The van der Waals surface area contributed by atoms with Crippen molar-refractivity contribution < 1.29 is 22.5 Å². The predicted octanol–water partition coefficient (Wildman–Crippen LogP) is 1.02. The van der Waals surface area contributed by atoms with Gasteiger partial charge >= 0.3 is 0 Å². The van der Waals surface area contributed by atoms with E-state index in [4.69, 9.17) is 4.74 Å². The fourth-order valence-corrected chi connectivity index (χ4v) is 3.14. The molecule has 1 aromatic heterocycles. The van der Waals surface area contributed by atoms with Crippen molar-refractivity contribution in [2.75, 3.05) is 6.61 Å². The fourth-order valence-electron chi connectivity index (χ4n) is 2.20. The number of hydrogen-bond acceptors (Lipinski definition) is 7. The van der Waals surface area contributed by atoms with Crippen molar-refractivity contribution in [3.05, 3.63) is 41.0 Å². The van der Waals surface area contributed by atoms with Crippen LogP contribution in [0.4, 0.5) is 0 Å². The molecule has 0 radical (unpaired) electrons. The highest BCUT2D eigenvalue weighted by atomic mass is 32.2. The lowest BCUT2D eigenvalue weighted by atomic mass is 10.1. The topological polar surface area (TPSA) is 111 Å². The Bertz CT molecular complexity index is 777. The molecule has 8 nitrogen and oxygen atoms in total. The zero-order valence-electron chi connectivity index (χ0n) is 13.0. The predicted molar refractivity (Wildman–Crippen MR) is 81.2 cm³/mol. The molecule has 1 heterocycles. The summed E-state index contributed by atoms with van der Waals surface area (Å²) in [4.78, 5) is 15.4. The van der Waals surface area contributed by atoms with Crippen molar-refractivity contribution >= 4 is 15.9 Å². The van der Waals surface area contributed by atoms with E-state index in [0.717, 1.165) is 23.1 Å². The van der Waals surface area contributed by atoms with Gasteiger partial charge in [-0.1, -0.05) is 22.9 Å². The molecule has 1 amide bonds. The summed E-state index contributed by atoms with van der Waals surface area (Å²) < 4.78 is 35.4. The Labute approximate surface area is 133 Å². The maximum Gasteiger partial charge on any atom is 0.271 e. The van der Waals surface area contributed by atoms with Crippen LogP contribution in [0.25, 0.3) is 0 Å². The summed E-state index contributed by atoms with van der Waals surface area (Å²) in [6, 6.07) is 3.85. The second-order valence-electron chi connectivity index (χ2n) is 5.15. The number of ether oxygens (including phenoxy) is 1. The van der Waals surface area contributed by atoms with Crippen molar-refractivity contribution in [1.29, 1.82) is 0 Å². The largest absolute Gasteiger partial charge is 0.483 e. The van der Waals surface area contributed by atoms with Crippen LogP contribution in [0.15, 0.2) is 23.0 Å². The number of amides is 1. The minimum absolute atomic E-state index is 0.0311. The van der Waals surface area contributed by atoms with Crippen LogP contribution in [0, 0.1) is 20.8 Å². The Kier molecular flexibility index (Phi) is 4.99. The molecule has 0 aliphatic carbocycles. The molecular formula is C14H17N3O5S. The minimum atomic E-state index is -3.90. The van der Waals surface area contributed by atoms with Gasteiger partial charge in [0.05, 0.1) is 0 Å².